The first-order valence-corrected chi connectivity index (χ1v) is 10.8. The average molecular weight is 390 g/mol. The highest BCUT2D eigenvalue weighted by Crippen LogP contribution is 2.32. The Morgan fingerprint density at radius 3 is 2.04 bits per heavy atom. The Kier molecular flexibility index (Phi) is 5.68. The fourth-order valence-electron chi connectivity index (χ4n) is 3.80. The van der Waals surface area contributed by atoms with E-state index in [9.17, 15) is 9.00 Å². The molecule has 3 nitrogen and oxygen atoms in total. The van der Waals surface area contributed by atoms with Gasteiger partial charge in [0, 0.05) is 23.9 Å². The van der Waals surface area contributed by atoms with E-state index in [-0.39, 0.29) is 11.8 Å². The molecule has 1 fully saturated rings. The van der Waals surface area contributed by atoms with Crippen molar-refractivity contribution in [2.24, 2.45) is 0 Å². The van der Waals surface area contributed by atoms with Crippen molar-refractivity contribution in [3.63, 3.8) is 0 Å². The molecule has 3 aromatic rings. The van der Waals surface area contributed by atoms with E-state index in [2.05, 4.69) is 12.1 Å². The maximum Gasteiger partial charge on any atom is 0.239 e. The van der Waals surface area contributed by atoms with Gasteiger partial charge in [-0.3, -0.25) is 9.00 Å². The fourth-order valence-corrected chi connectivity index (χ4v) is 5.30. The number of carbonyl (C=O) groups is 1. The second-order valence-electron chi connectivity index (χ2n) is 7.15. The maximum absolute atomic E-state index is 13.3. The van der Waals surface area contributed by atoms with Crippen molar-refractivity contribution in [3.05, 3.63) is 102 Å². The lowest BCUT2D eigenvalue weighted by Crippen LogP contribution is -2.48. The molecule has 1 heterocycles. The van der Waals surface area contributed by atoms with Gasteiger partial charge in [0.25, 0.3) is 0 Å². The Balaban J connectivity index is 1.64. The molecule has 0 bridgehead atoms. The van der Waals surface area contributed by atoms with Crippen LogP contribution >= 0.6 is 0 Å². The molecule has 3 unspecified atom stereocenters. The molecule has 1 aliphatic rings. The molecule has 28 heavy (non-hydrogen) atoms. The predicted molar refractivity (Wildman–Crippen MR) is 112 cm³/mol. The summed E-state index contributed by atoms with van der Waals surface area (Å²) in [6.45, 7) is 1.20. The zero-order chi connectivity index (χ0) is 19.3. The smallest absolute Gasteiger partial charge is 0.239 e. The van der Waals surface area contributed by atoms with Crippen molar-refractivity contribution >= 4 is 16.7 Å². The van der Waals surface area contributed by atoms with Crippen LogP contribution in [-0.2, 0) is 22.1 Å². The van der Waals surface area contributed by atoms with Crippen LogP contribution in [0, 0.1) is 0 Å². The molecule has 3 atom stereocenters. The number of hydrogen-bond donors (Lipinski definition) is 0. The highest BCUT2D eigenvalue weighted by Gasteiger charge is 2.38. The number of likely N-dealkylation sites (tertiary alicyclic amines) is 1. The third-order valence-electron chi connectivity index (χ3n) is 5.25. The first kappa shape index (κ1) is 18.6. The van der Waals surface area contributed by atoms with E-state index < -0.39 is 16.0 Å². The van der Waals surface area contributed by atoms with Crippen molar-refractivity contribution < 1.29 is 9.00 Å². The van der Waals surface area contributed by atoms with Gasteiger partial charge in [0.05, 0.1) is 10.8 Å². The number of nitrogens with zero attached hydrogens (tertiary/aromatic N) is 1. The monoisotopic (exact) mass is 389 g/mol. The first-order valence-electron chi connectivity index (χ1n) is 9.55. The summed E-state index contributed by atoms with van der Waals surface area (Å²) in [6, 6.07) is 29.6. The third-order valence-corrected chi connectivity index (χ3v) is 6.90. The minimum absolute atomic E-state index is 0.0155. The highest BCUT2D eigenvalue weighted by atomic mass is 32.2. The van der Waals surface area contributed by atoms with Crippen molar-refractivity contribution in [3.8, 4) is 0 Å². The van der Waals surface area contributed by atoms with Crippen LogP contribution in [0.4, 0.5) is 0 Å². The van der Waals surface area contributed by atoms with E-state index >= 15 is 0 Å². The Morgan fingerprint density at radius 2 is 1.39 bits per heavy atom. The summed E-state index contributed by atoms with van der Waals surface area (Å²) >= 11 is 0. The van der Waals surface area contributed by atoms with Crippen LogP contribution in [0.2, 0.25) is 0 Å². The molecule has 142 valence electrons. The van der Waals surface area contributed by atoms with Gasteiger partial charge in [-0.15, -0.1) is 0 Å². The minimum Gasteiger partial charge on any atom is -0.337 e. The maximum atomic E-state index is 13.3. The Bertz CT molecular complexity index is 944. The predicted octanol–water partition coefficient (Wildman–Crippen LogP) is 4.38. The van der Waals surface area contributed by atoms with Gasteiger partial charge in [-0.1, -0.05) is 78.9 Å². The highest BCUT2D eigenvalue weighted by molar-refractivity contribution is 7.86. The number of piperidine rings is 1. The van der Waals surface area contributed by atoms with Gasteiger partial charge >= 0.3 is 0 Å². The number of carbonyl (C=O) groups excluding carboxylic acids is 1. The standard InChI is InChI=1S/C24H23NO2S/c26-24-23(28(27)22-14-8-3-9-15-22)16-21(20-12-6-2-7-13-20)18-25(24)17-19-10-4-1-5-11-19/h1-15,21,23H,16-18H2. The van der Waals surface area contributed by atoms with E-state index in [1.165, 1.54) is 5.56 Å². The van der Waals surface area contributed by atoms with Crippen LogP contribution in [0.5, 0.6) is 0 Å². The van der Waals surface area contributed by atoms with Crippen molar-refractivity contribution in [1.29, 1.82) is 0 Å². The third kappa shape index (κ3) is 4.07. The molecule has 1 amide bonds. The van der Waals surface area contributed by atoms with Crippen LogP contribution < -0.4 is 0 Å². The van der Waals surface area contributed by atoms with Crippen molar-refractivity contribution in [1.82, 2.24) is 4.90 Å². The summed E-state index contributed by atoms with van der Waals surface area (Å²) in [5, 5.41) is -0.523. The summed E-state index contributed by atoms with van der Waals surface area (Å²) in [5.41, 5.74) is 2.29. The van der Waals surface area contributed by atoms with Crippen LogP contribution in [0.15, 0.2) is 95.9 Å². The first-order chi connectivity index (χ1) is 13.7. The summed E-state index contributed by atoms with van der Waals surface area (Å²) in [5.74, 6) is 0.165. The molecule has 0 spiro atoms. The molecule has 1 aliphatic heterocycles. The van der Waals surface area contributed by atoms with Gasteiger partial charge in [0.1, 0.15) is 5.25 Å². The normalized spacial score (nSPS) is 20.7. The van der Waals surface area contributed by atoms with Gasteiger partial charge in [-0.2, -0.15) is 0 Å². The molecule has 4 rings (SSSR count). The average Bonchev–Trinajstić information content (AvgIpc) is 2.76. The van der Waals surface area contributed by atoms with E-state index in [1.54, 1.807) is 0 Å². The number of rotatable bonds is 5. The number of benzene rings is 3. The molecule has 3 aromatic carbocycles. The lowest BCUT2D eigenvalue weighted by atomic mass is 9.90. The molecule has 0 aromatic heterocycles. The quantitative estimate of drug-likeness (QED) is 0.649. The van der Waals surface area contributed by atoms with E-state index in [0.717, 1.165) is 5.56 Å². The Hall–Kier alpha value is -2.72. The largest absolute Gasteiger partial charge is 0.337 e. The summed E-state index contributed by atoms with van der Waals surface area (Å²) in [4.78, 5) is 15.8. The number of hydrogen-bond acceptors (Lipinski definition) is 2. The molecule has 0 saturated carbocycles. The Labute approximate surface area is 168 Å². The zero-order valence-corrected chi connectivity index (χ0v) is 16.4. The topological polar surface area (TPSA) is 37.4 Å². The van der Waals surface area contributed by atoms with E-state index in [4.69, 9.17) is 0 Å². The van der Waals surface area contributed by atoms with Crippen LogP contribution in [-0.4, -0.2) is 26.8 Å². The Morgan fingerprint density at radius 1 is 0.821 bits per heavy atom. The SMILES string of the molecule is O=C1C(S(=O)c2ccccc2)CC(c2ccccc2)CN1Cc1ccccc1. The molecule has 0 N–H and O–H groups in total. The second-order valence-corrected chi connectivity index (χ2v) is 8.78. The van der Waals surface area contributed by atoms with E-state index in [1.807, 2.05) is 83.8 Å². The molecular weight excluding hydrogens is 366 g/mol. The second kappa shape index (κ2) is 8.53. The number of amides is 1. The zero-order valence-electron chi connectivity index (χ0n) is 15.6. The van der Waals surface area contributed by atoms with Gasteiger partial charge < -0.3 is 4.90 Å². The molecule has 0 aliphatic carbocycles. The van der Waals surface area contributed by atoms with Crippen LogP contribution in [0.3, 0.4) is 0 Å². The lowest BCUT2D eigenvalue weighted by molar-refractivity contribution is -0.133. The van der Waals surface area contributed by atoms with E-state index in [0.29, 0.717) is 24.4 Å². The molecule has 1 saturated heterocycles. The molecular formula is C24H23NO2S. The van der Waals surface area contributed by atoms with Gasteiger partial charge in [0.15, 0.2) is 0 Å². The fraction of sp³-hybridized carbons (Fsp3) is 0.208. The minimum atomic E-state index is -1.36. The van der Waals surface area contributed by atoms with Gasteiger partial charge in [-0.25, -0.2) is 0 Å². The summed E-state index contributed by atoms with van der Waals surface area (Å²) in [6.07, 6.45) is 0.607. The summed E-state index contributed by atoms with van der Waals surface area (Å²) in [7, 11) is -1.36. The van der Waals surface area contributed by atoms with Crippen LogP contribution in [0.25, 0.3) is 0 Å². The van der Waals surface area contributed by atoms with Gasteiger partial charge in [0.2, 0.25) is 5.91 Å². The summed E-state index contributed by atoms with van der Waals surface area (Å²) < 4.78 is 13.2. The van der Waals surface area contributed by atoms with Crippen molar-refractivity contribution in [2.75, 3.05) is 6.54 Å². The van der Waals surface area contributed by atoms with Crippen molar-refractivity contribution in [2.45, 2.75) is 29.0 Å². The lowest BCUT2D eigenvalue weighted by Gasteiger charge is -2.37. The van der Waals surface area contributed by atoms with Crippen LogP contribution in [0.1, 0.15) is 23.5 Å². The molecule has 0 radical (unpaired) electrons. The molecule has 4 heteroatoms. The van der Waals surface area contributed by atoms with Gasteiger partial charge in [-0.05, 0) is 29.7 Å².